The van der Waals surface area contributed by atoms with E-state index in [0.717, 1.165) is 11.5 Å². The predicted octanol–water partition coefficient (Wildman–Crippen LogP) is 2.25. The summed E-state index contributed by atoms with van der Waals surface area (Å²) < 4.78 is 10.7. The molecule has 0 amide bonds. The number of ether oxygens (including phenoxy) is 2. The summed E-state index contributed by atoms with van der Waals surface area (Å²) >= 11 is 0. The van der Waals surface area contributed by atoms with E-state index in [1.54, 1.807) is 14.2 Å². The van der Waals surface area contributed by atoms with Gasteiger partial charge < -0.3 is 9.47 Å². The van der Waals surface area contributed by atoms with Gasteiger partial charge in [0.1, 0.15) is 11.5 Å². The minimum Gasteiger partial charge on any atom is -0.497 e. The minimum absolute atomic E-state index is 0.948. The zero-order valence-corrected chi connectivity index (χ0v) is 10.5. The largest absolute Gasteiger partial charge is 0.497 e. The highest BCUT2D eigenvalue weighted by molar-refractivity contribution is 6.90. The summed E-state index contributed by atoms with van der Waals surface area (Å²) in [6.45, 7) is 6.86. The fourth-order valence-electron chi connectivity index (χ4n) is 1.59. The van der Waals surface area contributed by atoms with Gasteiger partial charge in [-0.05, 0) is 12.1 Å². The van der Waals surface area contributed by atoms with Crippen molar-refractivity contribution >= 4 is 13.3 Å². The monoisotopic (exact) mass is 210 g/mol. The zero-order valence-electron chi connectivity index (χ0n) is 9.55. The van der Waals surface area contributed by atoms with Crippen LogP contribution in [0.5, 0.6) is 11.5 Å². The van der Waals surface area contributed by atoms with Gasteiger partial charge in [-0.15, -0.1) is 0 Å². The van der Waals surface area contributed by atoms with Crippen molar-refractivity contribution in [2.45, 2.75) is 19.6 Å². The van der Waals surface area contributed by atoms with Crippen LogP contribution < -0.4 is 14.7 Å². The van der Waals surface area contributed by atoms with E-state index in [0.29, 0.717) is 0 Å². The van der Waals surface area contributed by atoms with E-state index in [1.807, 2.05) is 18.2 Å². The average molecular weight is 210 g/mol. The second-order valence-corrected chi connectivity index (χ2v) is 9.29. The average Bonchev–Trinajstić information content (AvgIpc) is 2.15. The van der Waals surface area contributed by atoms with Crippen molar-refractivity contribution in [3.8, 4) is 11.5 Å². The van der Waals surface area contributed by atoms with Crippen molar-refractivity contribution in [1.29, 1.82) is 0 Å². The third-order valence-corrected chi connectivity index (χ3v) is 4.17. The van der Waals surface area contributed by atoms with E-state index in [2.05, 4.69) is 19.6 Å². The number of methoxy groups -OCH3 is 2. The summed E-state index contributed by atoms with van der Waals surface area (Å²) in [5.74, 6) is 1.90. The Bertz CT molecular complexity index is 293. The van der Waals surface area contributed by atoms with Crippen LogP contribution >= 0.6 is 0 Å². The van der Waals surface area contributed by atoms with Gasteiger partial charge in [0, 0.05) is 5.19 Å². The predicted molar refractivity (Wildman–Crippen MR) is 62.5 cm³/mol. The van der Waals surface area contributed by atoms with Gasteiger partial charge in [-0.2, -0.15) is 0 Å². The molecule has 0 heterocycles. The van der Waals surface area contributed by atoms with Gasteiger partial charge >= 0.3 is 0 Å². The van der Waals surface area contributed by atoms with E-state index >= 15 is 0 Å². The quantitative estimate of drug-likeness (QED) is 0.712. The van der Waals surface area contributed by atoms with Crippen LogP contribution in [0.25, 0.3) is 0 Å². The van der Waals surface area contributed by atoms with Gasteiger partial charge in [-0.3, -0.25) is 0 Å². The van der Waals surface area contributed by atoms with E-state index < -0.39 is 8.07 Å². The van der Waals surface area contributed by atoms with Crippen molar-refractivity contribution in [3.63, 3.8) is 0 Å². The van der Waals surface area contributed by atoms with Crippen LogP contribution in [0, 0.1) is 0 Å². The summed E-state index contributed by atoms with van der Waals surface area (Å²) in [4.78, 5) is 0. The summed E-state index contributed by atoms with van der Waals surface area (Å²) in [7, 11) is 2.00. The molecule has 0 spiro atoms. The number of rotatable bonds is 3. The van der Waals surface area contributed by atoms with Crippen LogP contribution in [0.1, 0.15) is 0 Å². The molecule has 1 rings (SSSR count). The molecule has 0 radical (unpaired) electrons. The maximum Gasteiger partial charge on any atom is 0.121 e. The topological polar surface area (TPSA) is 18.5 Å². The molecule has 2 nitrogen and oxygen atoms in total. The Kier molecular flexibility index (Phi) is 3.21. The SMILES string of the molecule is COc1cccc(OC)c1[Si](C)(C)C. The molecular formula is C11H18O2Si. The Morgan fingerprint density at radius 1 is 0.929 bits per heavy atom. The van der Waals surface area contributed by atoms with E-state index in [4.69, 9.17) is 9.47 Å². The lowest BCUT2D eigenvalue weighted by Crippen LogP contribution is -2.39. The Morgan fingerprint density at radius 2 is 1.36 bits per heavy atom. The lowest BCUT2D eigenvalue weighted by Gasteiger charge is -2.22. The summed E-state index contributed by atoms with van der Waals surface area (Å²) in [5, 5.41) is 1.25. The first-order chi connectivity index (χ1) is 6.50. The fraction of sp³-hybridized carbons (Fsp3) is 0.455. The third-order valence-electron chi connectivity index (χ3n) is 2.18. The molecule has 0 aromatic heterocycles. The van der Waals surface area contributed by atoms with Crippen LogP contribution in [0.2, 0.25) is 19.6 Å². The van der Waals surface area contributed by atoms with Crippen LogP contribution in [-0.2, 0) is 0 Å². The van der Waals surface area contributed by atoms with Gasteiger partial charge in [0.05, 0.1) is 22.3 Å². The Labute approximate surface area is 86.9 Å². The van der Waals surface area contributed by atoms with Crippen LogP contribution in [-0.4, -0.2) is 22.3 Å². The fourth-order valence-corrected chi connectivity index (χ4v) is 3.44. The number of benzene rings is 1. The van der Waals surface area contributed by atoms with Gasteiger partial charge in [-0.1, -0.05) is 25.7 Å². The second kappa shape index (κ2) is 4.05. The highest BCUT2D eigenvalue weighted by Crippen LogP contribution is 2.21. The molecule has 1 aromatic rings. The van der Waals surface area contributed by atoms with Crippen molar-refractivity contribution in [2.24, 2.45) is 0 Å². The third kappa shape index (κ3) is 2.10. The molecule has 0 aliphatic heterocycles. The molecule has 1 aromatic carbocycles. The molecule has 0 saturated carbocycles. The molecular weight excluding hydrogens is 192 g/mol. The lowest BCUT2D eigenvalue weighted by molar-refractivity contribution is 0.400. The van der Waals surface area contributed by atoms with Crippen LogP contribution in [0.15, 0.2) is 18.2 Å². The van der Waals surface area contributed by atoms with Gasteiger partial charge in [0.2, 0.25) is 0 Å². The van der Waals surface area contributed by atoms with Gasteiger partial charge in [0.25, 0.3) is 0 Å². The molecule has 0 unspecified atom stereocenters. The first-order valence-electron chi connectivity index (χ1n) is 4.72. The highest BCUT2D eigenvalue weighted by atomic mass is 28.3. The lowest BCUT2D eigenvalue weighted by atomic mass is 10.3. The number of hydrogen-bond acceptors (Lipinski definition) is 2. The molecule has 3 heteroatoms. The Morgan fingerprint density at radius 3 is 1.64 bits per heavy atom. The van der Waals surface area contributed by atoms with Crippen molar-refractivity contribution < 1.29 is 9.47 Å². The molecule has 14 heavy (non-hydrogen) atoms. The molecule has 0 fully saturated rings. The Hall–Kier alpha value is -0.963. The first kappa shape index (κ1) is 11.1. The van der Waals surface area contributed by atoms with Crippen molar-refractivity contribution in [3.05, 3.63) is 18.2 Å². The molecule has 0 aliphatic carbocycles. The molecule has 78 valence electrons. The van der Waals surface area contributed by atoms with Crippen LogP contribution in [0.3, 0.4) is 0 Å². The van der Waals surface area contributed by atoms with Crippen LogP contribution in [0.4, 0.5) is 0 Å². The Balaban J connectivity index is 3.34. The van der Waals surface area contributed by atoms with Crippen molar-refractivity contribution in [1.82, 2.24) is 0 Å². The maximum absolute atomic E-state index is 5.37. The molecule has 0 aliphatic rings. The summed E-state index contributed by atoms with van der Waals surface area (Å²) in [5.41, 5.74) is 0. The molecule has 0 saturated heterocycles. The minimum atomic E-state index is -1.41. The van der Waals surface area contributed by atoms with E-state index in [9.17, 15) is 0 Å². The van der Waals surface area contributed by atoms with E-state index in [-0.39, 0.29) is 0 Å². The molecule has 0 bridgehead atoms. The van der Waals surface area contributed by atoms with Crippen molar-refractivity contribution in [2.75, 3.05) is 14.2 Å². The maximum atomic E-state index is 5.37. The van der Waals surface area contributed by atoms with E-state index in [1.165, 1.54) is 5.19 Å². The highest BCUT2D eigenvalue weighted by Gasteiger charge is 2.25. The van der Waals surface area contributed by atoms with Gasteiger partial charge in [-0.25, -0.2) is 0 Å². The summed E-state index contributed by atoms with van der Waals surface area (Å²) in [6, 6.07) is 5.95. The zero-order chi connectivity index (χ0) is 10.8. The molecule has 0 N–H and O–H groups in total. The normalized spacial score (nSPS) is 11.2. The summed E-state index contributed by atoms with van der Waals surface area (Å²) in [6.07, 6.45) is 0. The second-order valence-electron chi connectivity index (χ2n) is 4.29. The van der Waals surface area contributed by atoms with Gasteiger partial charge in [0.15, 0.2) is 0 Å². The standard InChI is InChI=1S/C11H18O2Si/c1-12-9-7-6-8-10(13-2)11(9)14(3,4)5/h6-8H,1-5H3. The first-order valence-corrected chi connectivity index (χ1v) is 8.22. The molecule has 0 atom stereocenters. The number of hydrogen-bond donors (Lipinski definition) is 0. The smallest absolute Gasteiger partial charge is 0.121 e.